The van der Waals surface area contributed by atoms with Crippen LogP contribution in [-0.2, 0) is 4.74 Å². The molecule has 1 amide bonds. The lowest BCUT2D eigenvalue weighted by Gasteiger charge is -2.24. The molecule has 0 N–H and O–H groups in total. The molecule has 0 aliphatic carbocycles. The van der Waals surface area contributed by atoms with E-state index in [4.69, 9.17) is 9.47 Å². The van der Waals surface area contributed by atoms with Crippen LogP contribution < -0.4 is 4.74 Å². The van der Waals surface area contributed by atoms with Gasteiger partial charge in [0.05, 0.1) is 29.9 Å². The highest BCUT2D eigenvalue weighted by molar-refractivity contribution is 9.10. The van der Waals surface area contributed by atoms with Crippen molar-refractivity contribution in [3.63, 3.8) is 0 Å². The number of hydrogen-bond acceptors (Lipinski definition) is 5. The summed E-state index contributed by atoms with van der Waals surface area (Å²) in [6.07, 6.45) is 2.31. The first-order chi connectivity index (χ1) is 13.8. The molecule has 1 aliphatic heterocycles. The van der Waals surface area contributed by atoms with Gasteiger partial charge in [-0.05, 0) is 52.3 Å². The summed E-state index contributed by atoms with van der Waals surface area (Å²) in [6.45, 7) is 9.29. The predicted octanol–water partition coefficient (Wildman–Crippen LogP) is 4.93. The van der Waals surface area contributed by atoms with Gasteiger partial charge < -0.3 is 14.4 Å². The van der Waals surface area contributed by atoms with Crippen LogP contribution in [0.3, 0.4) is 0 Å². The van der Waals surface area contributed by atoms with Crippen LogP contribution in [0.5, 0.6) is 6.01 Å². The number of likely N-dealkylation sites (tertiary alicyclic amines) is 1. The Labute approximate surface area is 178 Å². The minimum atomic E-state index is -0.512. The maximum Gasteiger partial charge on any atom is 0.410 e. The monoisotopic (exact) mass is 460 g/mol. The Morgan fingerprint density at radius 3 is 2.83 bits per heavy atom. The highest BCUT2D eigenvalue weighted by Crippen LogP contribution is 2.36. The van der Waals surface area contributed by atoms with E-state index < -0.39 is 5.60 Å². The average Bonchev–Trinajstić information content (AvgIpc) is 3.24. The summed E-state index contributed by atoms with van der Waals surface area (Å²) >= 11 is 3.56. The lowest BCUT2D eigenvalue weighted by atomic mass is 10.1. The maximum atomic E-state index is 12.5. The van der Waals surface area contributed by atoms with E-state index in [1.165, 1.54) is 0 Å². The van der Waals surface area contributed by atoms with Gasteiger partial charge in [0, 0.05) is 22.9 Å². The number of amides is 1. The molecule has 3 aromatic rings. The number of carbonyl (C=O) groups is 1. The Kier molecular flexibility index (Phi) is 5.14. The molecule has 0 spiro atoms. The van der Waals surface area contributed by atoms with Crippen LogP contribution in [0.15, 0.2) is 28.9 Å². The highest BCUT2D eigenvalue weighted by Gasteiger charge is 2.33. The van der Waals surface area contributed by atoms with E-state index >= 15 is 0 Å². The van der Waals surface area contributed by atoms with Crippen LogP contribution in [0, 0.1) is 0 Å². The second-order valence-corrected chi connectivity index (χ2v) is 9.14. The van der Waals surface area contributed by atoms with Gasteiger partial charge in [0.1, 0.15) is 11.1 Å². The zero-order chi connectivity index (χ0) is 20.8. The van der Waals surface area contributed by atoms with E-state index in [9.17, 15) is 4.79 Å². The van der Waals surface area contributed by atoms with E-state index in [1.807, 2.05) is 39.8 Å². The molecule has 1 aliphatic rings. The van der Waals surface area contributed by atoms with Crippen LogP contribution in [0.4, 0.5) is 4.79 Å². The molecule has 8 heteroatoms. The molecule has 4 rings (SSSR count). The topological polar surface area (TPSA) is 69.5 Å². The Bertz CT molecular complexity index is 1070. The van der Waals surface area contributed by atoms with Crippen LogP contribution in [0.1, 0.15) is 40.2 Å². The Morgan fingerprint density at radius 2 is 2.10 bits per heavy atom. The van der Waals surface area contributed by atoms with Gasteiger partial charge in [-0.25, -0.2) is 4.79 Å². The average molecular weight is 461 g/mol. The third-order valence-electron chi connectivity index (χ3n) is 4.90. The van der Waals surface area contributed by atoms with Gasteiger partial charge in [0.25, 0.3) is 6.01 Å². The molecule has 7 nitrogen and oxygen atoms in total. The van der Waals surface area contributed by atoms with Crippen molar-refractivity contribution in [3.8, 4) is 6.01 Å². The molecule has 0 saturated carbocycles. The van der Waals surface area contributed by atoms with Crippen molar-refractivity contribution in [1.82, 2.24) is 19.4 Å². The molecule has 3 heterocycles. The molecule has 0 unspecified atom stereocenters. The molecule has 1 fully saturated rings. The number of nitrogens with zero attached hydrogens (tertiary/aromatic N) is 4. The number of benzene rings is 1. The van der Waals surface area contributed by atoms with Gasteiger partial charge in [-0.15, -0.1) is 0 Å². The second-order valence-electron chi connectivity index (χ2n) is 8.22. The quantitative estimate of drug-likeness (QED) is 0.554. The van der Waals surface area contributed by atoms with Crippen LogP contribution >= 0.6 is 15.9 Å². The Morgan fingerprint density at radius 1 is 1.31 bits per heavy atom. The minimum absolute atomic E-state index is 0.0543. The van der Waals surface area contributed by atoms with Crippen molar-refractivity contribution >= 4 is 44.0 Å². The first-order valence-corrected chi connectivity index (χ1v) is 10.6. The molecule has 0 radical (unpaired) electrons. The van der Waals surface area contributed by atoms with E-state index in [-0.39, 0.29) is 12.1 Å². The number of fused-ring (bicyclic) bond motifs is 3. The fourth-order valence-corrected chi connectivity index (χ4v) is 4.10. The lowest BCUT2D eigenvalue weighted by molar-refractivity contribution is 0.0288. The first-order valence-electron chi connectivity index (χ1n) is 9.83. The Balaban J connectivity index is 1.77. The Hall–Kier alpha value is -2.35. The lowest BCUT2D eigenvalue weighted by Crippen LogP contribution is -2.35. The number of aromatic nitrogens is 3. The summed E-state index contributed by atoms with van der Waals surface area (Å²) < 4.78 is 14.5. The van der Waals surface area contributed by atoms with E-state index in [1.54, 1.807) is 11.1 Å². The normalized spacial score (nSPS) is 17.3. The number of imidazole rings is 1. The molecule has 0 bridgehead atoms. The van der Waals surface area contributed by atoms with Crippen molar-refractivity contribution in [3.05, 3.63) is 28.9 Å². The molecule has 1 saturated heterocycles. The largest absolute Gasteiger partial charge is 0.465 e. The van der Waals surface area contributed by atoms with Gasteiger partial charge in [0.2, 0.25) is 0 Å². The van der Waals surface area contributed by atoms with Crippen molar-refractivity contribution < 1.29 is 14.3 Å². The van der Waals surface area contributed by atoms with Gasteiger partial charge in [0.15, 0.2) is 0 Å². The molecular weight excluding hydrogens is 436 g/mol. The number of hydrogen-bond donors (Lipinski definition) is 0. The van der Waals surface area contributed by atoms with Crippen molar-refractivity contribution in [2.75, 3.05) is 19.7 Å². The number of ether oxygens (including phenoxy) is 2. The molecule has 29 heavy (non-hydrogen) atoms. The SMILES string of the molecule is CCOc1nc2cnc3ccc(Br)cc3c2n1[C@@H]1CCN(C(=O)OC(C)(C)C)C1. The van der Waals surface area contributed by atoms with Crippen LogP contribution in [-0.4, -0.2) is 50.8 Å². The van der Waals surface area contributed by atoms with Crippen LogP contribution in [0.2, 0.25) is 0 Å². The molecular formula is C21H25BrN4O3. The summed E-state index contributed by atoms with van der Waals surface area (Å²) in [5.74, 6) is 0. The van der Waals surface area contributed by atoms with E-state index in [0.717, 1.165) is 32.8 Å². The smallest absolute Gasteiger partial charge is 0.410 e. The fourth-order valence-electron chi connectivity index (χ4n) is 3.74. The number of halogens is 1. The van der Waals surface area contributed by atoms with Gasteiger partial charge >= 0.3 is 6.09 Å². The van der Waals surface area contributed by atoms with Gasteiger partial charge in [-0.1, -0.05) is 15.9 Å². The standard InChI is InChI=1S/C21H25BrN4O3/c1-5-28-19-24-17-11-23-16-7-6-13(22)10-15(16)18(17)26(19)14-8-9-25(12-14)20(27)29-21(2,3)4/h6-7,10-11,14H,5,8-9,12H2,1-4H3/t14-/m1/s1. The summed E-state index contributed by atoms with van der Waals surface area (Å²) in [7, 11) is 0. The summed E-state index contributed by atoms with van der Waals surface area (Å²) in [4.78, 5) is 23.5. The van der Waals surface area contributed by atoms with E-state index in [0.29, 0.717) is 25.7 Å². The van der Waals surface area contributed by atoms with E-state index in [2.05, 4.69) is 36.5 Å². The summed E-state index contributed by atoms with van der Waals surface area (Å²) in [5, 5.41) is 1.01. The zero-order valence-electron chi connectivity index (χ0n) is 17.1. The first kappa shape index (κ1) is 19.9. The van der Waals surface area contributed by atoms with Gasteiger partial charge in [-0.3, -0.25) is 9.55 Å². The number of rotatable bonds is 3. The predicted molar refractivity (Wildman–Crippen MR) is 115 cm³/mol. The van der Waals surface area contributed by atoms with Crippen LogP contribution in [0.25, 0.3) is 21.9 Å². The van der Waals surface area contributed by atoms with Crippen molar-refractivity contribution in [2.45, 2.75) is 45.8 Å². The summed E-state index contributed by atoms with van der Waals surface area (Å²) in [5.41, 5.74) is 2.15. The second kappa shape index (κ2) is 7.48. The molecule has 154 valence electrons. The third-order valence-corrected chi connectivity index (χ3v) is 5.39. The minimum Gasteiger partial charge on any atom is -0.465 e. The number of pyridine rings is 1. The maximum absolute atomic E-state index is 12.5. The van der Waals surface area contributed by atoms with Gasteiger partial charge in [-0.2, -0.15) is 4.98 Å². The molecule has 1 atom stereocenters. The summed E-state index contributed by atoms with van der Waals surface area (Å²) in [6, 6.07) is 6.63. The molecule has 1 aromatic carbocycles. The fraction of sp³-hybridized carbons (Fsp3) is 0.476. The highest BCUT2D eigenvalue weighted by atomic mass is 79.9. The van der Waals surface area contributed by atoms with Crippen molar-refractivity contribution in [1.29, 1.82) is 0 Å². The number of carbonyl (C=O) groups excluding carboxylic acids is 1. The third kappa shape index (κ3) is 3.90. The zero-order valence-corrected chi connectivity index (χ0v) is 18.7. The van der Waals surface area contributed by atoms with Crippen molar-refractivity contribution in [2.24, 2.45) is 0 Å². The molecule has 2 aromatic heterocycles.